The molecule has 0 spiro atoms. The molecule has 2 nitrogen and oxygen atoms in total. The van der Waals surface area contributed by atoms with Crippen molar-refractivity contribution >= 4 is 0 Å². The molecule has 0 heterocycles. The Morgan fingerprint density at radius 2 is 2.00 bits per heavy atom. The number of nitrogens with zero attached hydrogens (tertiary/aromatic N) is 1. The third-order valence-electron chi connectivity index (χ3n) is 2.01. The van der Waals surface area contributed by atoms with Crippen LogP contribution in [-0.4, -0.2) is 11.7 Å². The van der Waals surface area contributed by atoms with Crippen molar-refractivity contribution in [2.45, 2.75) is 18.8 Å². The van der Waals surface area contributed by atoms with Crippen LogP contribution < -0.4 is 0 Å². The molecular weight excluding hydrogens is 162 g/mol. The monoisotopic (exact) mass is 175 g/mol. The van der Waals surface area contributed by atoms with Crippen LogP contribution in [0, 0.1) is 11.3 Å². The minimum Gasteiger partial charge on any atom is -0.396 e. The first-order chi connectivity index (χ1) is 6.38. The second-order valence-electron chi connectivity index (χ2n) is 2.96. The van der Waals surface area contributed by atoms with E-state index >= 15 is 0 Å². The number of rotatable bonds is 4. The summed E-state index contributed by atoms with van der Waals surface area (Å²) >= 11 is 0. The zero-order chi connectivity index (χ0) is 9.52. The smallest absolute Gasteiger partial charge is 0.0713 e. The van der Waals surface area contributed by atoms with Crippen LogP contribution >= 0.6 is 0 Å². The Morgan fingerprint density at radius 3 is 2.54 bits per heavy atom. The van der Waals surface area contributed by atoms with Crippen molar-refractivity contribution in [2.75, 3.05) is 6.61 Å². The molecule has 2 heteroatoms. The minimum absolute atomic E-state index is 0.0756. The van der Waals surface area contributed by atoms with E-state index in [9.17, 15) is 0 Å². The van der Waals surface area contributed by atoms with Crippen molar-refractivity contribution < 1.29 is 5.11 Å². The van der Waals surface area contributed by atoms with Crippen LogP contribution in [-0.2, 0) is 0 Å². The van der Waals surface area contributed by atoms with Gasteiger partial charge in [-0.25, -0.2) is 0 Å². The van der Waals surface area contributed by atoms with Gasteiger partial charge in [0.25, 0.3) is 0 Å². The summed E-state index contributed by atoms with van der Waals surface area (Å²) in [7, 11) is 0. The Bertz CT molecular complexity index is 276. The number of nitriles is 1. The van der Waals surface area contributed by atoms with Crippen LogP contribution in [0.15, 0.2) is 30.3 Å². The number of hydrogen-bond acceptors (Lipinski definition) is 2. The molecule has 1 rings (SSSR count). The van der Waals surface area contributed by atoms with E-state index in [2.05, 4.69) is 6.07 Å². The van der Waals surface area contributed by atoms with Crippen molar-refractivity contribution in [3.63, 3.8) is 0 Å². The molecule has 1 unspecified atom stereocenters. The molecule has 0 bridgehead atoms. The maximum atomic E-state index is 8.87. The summed E-state index contributed by atoms with van der Waals surface area (Å²) in [5, 5.41) is 17.5. The molecule has 1 atom stereocenters. The second-order valence-corrected chi connectivity index (χ2v) is 2.96. The first-order valence-electron chi connectivity index (χ1n) is 4.44. The predicted molar refractivity (Wildman–Crippen MR) is 51.1 cm³/mol. The van der Waals surface area contributed by atoms with Crippen LogP contribution in [0.2, 0.25) is 0 Å². The topological polar surface area (TPSA) is 44.0 Å². The Labute approximate surface area is 78.4 Å². The van der Waals surface area contributed by atoms with Gasteiger partial charge in [0, 0.05) is 6.61 Å². The predicted octanol–water partition coefficient (Wildman–Crippen LogP) is 2.07. The summed E-state index contributed by atoms with van der Waals surface area (Å²) in [5.74, 6) is -0.0756. The fourth-order valence-electron chi connectivity index (χ4n) is 1.29. The Hall–Kier alpha value is -1.33. The highest BCUT2D eigenvalue weighted by Gasteiger charge is 2.08. The molecule has 0 radical (unpaired) electrons. The van der Waals surface area contributed by atoms with Gasteiger partial charge in [0.1, 0.15) is 0 Å². The van der Waals surface area contributed by atoms with E-state index in [1.165, 1.54) is 0 Å². The number of hydrogen-bond donors (Lipinski definition) is 1. The van der Waals surface area contributed by atoms with E-state index in [4.69, 9.17) is 10.4 Å². The lowest BCUT2D eigenvalue weighted by Crippen LogP contribution is -1.96. The molecule has 0 aliphatic rings. The molecule has 0 saturated carbocycles. The highest BCUT2D eigenvalue weighted by atomic mass is 16.2. The molecule has 0 aromatic heterocycles. The van der Waals surface area contributed by atoms with Gasteiger partial charge in [-0.15, -0.1) is 0 Å². The molecule has 0 fully saturated rings. The average Bonchev–Trinajstić information content (AvgIpc) is 2.21. The quantitative estimate of drug-likeness (QED) is 0.761. The van der Waals surface area contributed by atoms with Crippen molar-refractivity contribution in [2.24, 2.45) is 0 Å². The number of aliphatic hydroxyl groups excluding tert-OH is 1. The SMILES string of the molecule is N#CC(CCCO)c1ccccc1. The van der Waals surface area contributed by atoms with E-state index in [1.807, 2.05) is 30.3 Å². The first-order valence-corrected chi connectivity index (χ1v) is 4.44. The van der Waals surface area contributed by atoms with Gasteiger partial charge in [-0.2, -0.15) is 5.26 Å². The van der Waals surface area contributed by atoms with Gasteiger partial charge >= 0.3 is 0 Å². The zero-order valence-corrected chi connectivity index (χ0v) is 7.48. The first kappa shape index (κ1) is 9.76. The van der Waals surface area contributed by atoms with Gasteiger partial charge in [0.05, 0.1) is 12.0 Å². The Morgan fingerprint density at radius 1 is 1.31 bits per heavy atom. The summed E-state index contributed by atoms with van der Waals surface area (Å²) in [4.78, 5) is 0. The largest absolute Gasteiger partial charge is 0.396 e. The van der Waals surface area contributed by atoms with Crippen LogP contribution in [0.1, 0.15) is 24.3 Å². The van der Waals surface area contributed by atoms with E-state index < -0.39 is 0 Å². The maximum Gasteiger partial charge on any atom is 0.0713 e. The minimum atomic E-state index is -0.0756. The summed E-state index contributed by atoms with van der Waals surface area (Å²) in [5.41, 5.74) is 1.04. The van der Waals surface area contributed by atoms with Crippen LogP contribution in [0.4, 0.5) is 0 Å². The lowest BCUT2D eigenvalue weighted by molar-refractivity contribution is 0.283. The van der Waals surface area contributed by atoms with Gasteiger partial charge in [-0.1, -0.05) is 30.3 Å². The molecule has 0 saturated heterocycles. The van der Waals surface area contributed by atoms with Crippen LogP contribution in [0.5, 0.6) is 0 Å². The van der Waals surface area contributed by atoms with Crippen molar-refractivity contribution in [3.05, 3.63) is 35.9 Å². The van der Waals surface area contributed by atoms with Crippen molar-refractivity contribution in [1.29, 1.82) is 5.26 Å². The molecule has 68 valence electrons. The third-order valence-corrected chi connectivity index (χ3v) is 2.01. The van der Waals surface area contributed by atoms with E-state index in [-0.39, 0.29) is 12.5 Å². The fraction of sp³-hybridized carbons (Fsp3) is 0.364. The Balaban J connectivity index is 2.63. The normalized spacial score (nSPS) is 12.0. The number of benzene rings is 1. The number of aliphatic hydroxyl groups is 1. The van der Waals surface area contributed by atoms with E-state index in [0.29, 0.717) is 6.42 Å². The van der Waals surface area contributed by atoms with Crippen molar-refractivity contribution in [1.82, 2.24) is 0 Å². The lowest BCUT2D eigenvalue weighted by atomic mass is 9.96. The third kappa shape index (κ3) is 2.89. The summed E-state index contributed by atoms with van der Waals surface area (Å²) < 4.78 is 0. The molecule has 1 N–H and O–H groups in total. The van der Waals surface area contributed by atoms with E-state index in [1.54, 1.807) is 0 Å². The average molecular weight is 175 g/mol. The van der Waals surface area contributed by atoms with Crippen LogP contribution in [0.3, 0.4) is 0 Å². The van der Waals surface area contributed by atoms with Crippen molar-refractivity contribution in [3.8, 4) is 6.07 Å². The maximum absolute atomic E-state index is 8.87. The molecular formula is C11H13NO. The molecule has 1 aromatic carbocycles. The lowest BCUT2D eigenvalue weighted by Gasteiger charge is -2.07. The zero-order valence-electron chi connectivity index (χ0n) is 7.48. The fourth-order valence-corrected chi connectivity index (χ4v) is 1.29. The molecule has 13 heavy (non-hydrogen) atoms. The highest BCUT2D eigenvalue weighted by Crippen LogP contribution is 2.19. The van der Waals surface area contributed by atoms with Gasteiger partial charge in [-0.05, 0) is 18.4 Å². The van der Waals surface area contributed by atoms with Crippen LogP contribution in [0.25, 0.3) is 0 Å². The standard InChI is InChI=1S/C11H13NO/c12-9-11(7-4-8-13)10-5-2-1-3-6-10/h1-3,5-6,11,13H,4,7-8H2. The summed E-state index contributed by atoms with van der Waals surface area (Å²) in [6.45, 7) is 0.158. The Kier molecular flexibility index (Phi) is 4.01. The molecule has 0 aliphatic carbocycles. The second kappa shape index (κ2) is 5.34. The van der Waals surface area contributed by atoms with Gasteiger partial charge in [0.2, 0.25) is 0 Å². The summed E-state index contributed by atoms with van der Waals surface area (Å²) in [6.07, 6.45) is 1.42. The van der Waals surface area contributed by atoms with Gasteiger partial charge < -0.3 is 5.11 Å². The summed E-state index contributed by atoms with van der Waals surface area (Å²) in [6, 6.07) is 11.9. The van der Waals surface area contributed by atoms with E-state index in [0.717, 1.165) is 12.0 Å². The molecule has 1 aromatic rings. The molecule has 0 amide bonds. The highest BCUT2D eigenvalue weighted by molar-refractivity contribution is 5.24. The van der Waals surface area contributed by atoms with Gasteiger partial charge in [-0.3, -0.25) is 0 Å². The molecule has 0 aliphatic heterocycles. The van der Waals surface area contributed by atoms with Gasteiger partial charge in [0.15, 0.2) is 0 Å².